The maximum Gasteiger partial charge on any atom is 0.232 e. The van der Waals surface area contributed by atoms with E-state index in [0.717, 1.165) is 141 Å². The maximum atomic E-state index is 14.7. The molecule has 9 aromatic rings. The van der Waals surface area contributed by atoms with Crippen LogP contribution in [0.15, 0.2) is 72.8 Å². The number of nitrogens with zero attached hydrogens (tertiary/aromatic N) is 4. The minimum atomic E-state index is -4.04. The van der Waals surface area contributed by atoms with E-state index in [4.69, 9.17) is 85.3 Å². The standard InChI is InChI=1S/C103H154N4O24S/c1-9-15-21-27-33-114-39-45-120-51-57-126-98-63-80(64-99(127-58-52-121-46-40-115-34-28-22-16-10-2)102(98)130-61-55-124-49-43-118-37-31-25-19-13-5)75-105-90-67-82(77-108)96(110)73-88(90)86-71-94-84(69-92(86)105)85-70-93-87(72-95(85)107(94)79-132(112,113)104(7)8)89-74-97(111)83(78-109)68-91(89)106(93)76-81-65-100(128-59-53-122-47-41-116-35-29-23-17-11-3)103(131-62-56-125-50-44-119-38-32-26-20-14-6)101(66-81)129-60-54-123-48-42-117-36-30-24-18-12-4/h63-74,77-78,110-111H,9-62,75-76,79H2,1-8H3. The number of hydrogen-bond donors (Lipinski definition) is 2. The number of aromatic hydroxyl groups is 2. The fourth-order valence-electron chi connectivity index (χ4n) is 15.8. The fraction of sp³-hybridized carbons (Fsp3) is 0.631. The van der Waals surface area contributed by atoms with Crippen LogP contribution in [0.5, 0.6) is 46.0 Å². The van der Waals surface area contributed by atoms with Gasteiger partial charge in [-0.1, -0.05) is 157 Å². The van der Waals surface area contributed by atoms with E-state index >= 15 is 0 Å². The number of fused-ring (bicyclic) bond motifs is 9. The second-order valence-electron chi connectivity index (χ2n) is 33.6. The molecular formula is C103H154N4O24S. The molecule has 0 spiro atoms. The number of carbonyl (C=O) groups is 2. The number of benzene rings is 6. The molecular weight excluding hydrogens is 1710 g/mol. The van der Waals surface area contributed by atoms with Crippen LogP contribution in [0.4, 0.5) is 0 Å². The average molecular weight is 1860 g/mol. The predicted molar refractivity (Wildman–Crippen MR) is 521 cm³/mol. The topological polar surface area (TPSA) is 293 Å². The summed E-state index contributed by atoms with van der Waals surface area (Å²) in [5.41, 5.74) is 5.06. The van der Waals surface area contributed by atoms with E-state index < -0.39 is 15.9 Å². The third kappa shape index (κ3) is 35.2. The van der Waals surface area contributed by atoms with Gasteiger partial charge < -0.3 is 109 Å². The first-order valence-corrected chi connectivity index (χ1v) is 50.6. The summed E-state index contributed by atoms with van der Waals surface area (Å²) in [6, 6.07) is 22.0. The van der Waals surface area contributed by atoms with Crippen molar-refractivity contribution >= 4 is 88.0 Å². The van der Waals surface area contributed by atoms with Crippen molar-refractivity contribution in [1.29, 1.82) is 0 Å². The number of ether oxygens (including phenoxy) is 18. The van der Waals surface area contributed by atoms with Crippen molar-refractivity contribution in [3.05, 3.63) is 95.1 Å². The van der Waals surface area contributed by atoms with E-state index in [0.29, 0.717) is 243 Å². The average Bonchev–Trinajstić information content (AvgIpc) is 1.54. The molecule has 132 heavy (non-hydrogen) atoms. The van der Waals surface area contributed by atoms with E-state index in [-0.39, 0.29) is 115 Å². The SMILES string of the molecule is CCCCCCOCCOCCOc1cc(Cn2c3cc(C=O)c(O)cc3c3cc4c(cc32)c2cc3c(cc2n4CS(=O)(=O)N(C)C)c2cc(O)c(C=O)cc2n3Cc2cc(OCCOCCOCCCCCC)c(OCCOCCOCCCCCC)c(OCCOCCOCCCCCC)c2)cc(OCCOCCOCCCCCC)c1OCCOCCOCCCCCC. The van der Waals surface area contributed by atoms with Crippen molar-refractivity contribution in [1.82, 2.24) is 18.0 Å². The molecule has 0 aliphatic heterocycles. The molecule has 6 aromatic carbocycles. The molecule has 0 amide bonds. The fourth-order valence-corrected chi connectivity index (χ4v) is 16.6. The summed E-state index contributed by atoms with van der Waals surface area (Å²) in [5.74, 6) is 1.15. The van der Waals surface area contributed by atoms with Gasteiger partial charge >= 0.3 is 0 Å². The van der Waals surface area contributed by atoms with Crippen molar-refractivity contribution < 1.29 is 113 Å². The quantitative estimate of drug-likeness (QED) is 0.0264. The lowest BCUT2D eigenvalue weighted by Crippen LogP contribution is -2.26. The van der Waals surface area contributed by atoms with Gasteiger partial charge in [0.2, 0.25) is 21.5 Å². The zero-order valence-corrected chi connectivity index (χ0v) is 81.3. The highest BCUT2D eigenvalue weighted by atomic mass is 32.2. The Kier molecular flexibility index (Phi) is 50.9. The minimum Gasteiger partial charge on any atom is -0.507 e. The van der Waals surface area contributed by atoms with E-state index in [9.17, 15) is 28.2 Å². The summed E-state index contributed by atoms with van der Waals surface area (Å²) in [4.78, 5) is 26.2. The Bertz CT molecular complexity index is 4540. The van der Waals surface area contributed by atoms with E-state index in [1.165, 1.54) is 31.2 Å². The van der Waals surface area contributed by atoms with Crippen LogP contribution in [0.3, 0.4) is 0 Å². The monoisotopic (exact) mass is 1860 g/mol. The largest absolute Gasteiger partial charge is 0.507 e. The minimum absolute atomic E-state index is 0.0511. The second-order valence-corrected chi connectivity index (χ2v) is 35.8. The molecule has 3 heterocycles. The van der Waals surface area contributed by atoms with Gasteiger partial charge in [-0.05, 0) is 122 Å². The van der Waals surface area contributed by atoms with Crippen molar-refractivity contribution in [2.45, 2.75) is 215 Å². The molecule has 0 saturated heterocycles. The number of unbranched alkanes of at least 4 members (excludes halogenated alkanes) is 18. The molecule has 0 aliphatic carbocycles. The predicted octanol–water partition coefficient (Wildman–Crippen LogP) is 19.9. The smallest absolute Gasteiger partial charge is 0.232 e. The summed E-state index contributed by atoms with van der Waals surface area (Å²) in [6.07, 6.45) is 27.7. The zero-order valence-electron chi connectivity index (χ0n) is 80.5. The van der Waals surface area contributed by atoms with Gasteiger partial charge in [-0.25, -0.2) is 12.7 Å². The van der Waals surface area contributed by atoms with E-state index in [1.54, 1.807) is 28.8 Å². The Hall–Kier alpha value is -8.11. The number of carbonyl (C=O) groups excluding carboxylic acids is 2. The Morgan fingerprint density at radius 2 is 0.477 bits per heavy atom. The molecule has 3 aromatic heterocycles. The van der Waals surface area contributed by atoms with E-state index in [1.807, 2.05) is 48.5 Å². The first kappa shape index (κ1) is 108. The normalized spacial score (nSPS) is 12.0. The number of hydrogen-bond acceptors (Lipinski definition) is 24. The summed E-state index contributed by atoms with van der Waals surface area (Å²) in [7, 11) is -1.05. The Morgan fingerprint density at radius 3 is 0.712 bits per heavy atom. The Morgan fingerprint density at radius 1 is 0.265 bits per heavy atom. The zero-order chi connectivity index (χ0) is 93.6. The number of aldehydes is 2. The van der Waals surface area contributed by atoms with Crippen molar-refractivity contribution in [2.75, 3.05) is 212 Å². The van der Waals surface area contributed by atoms with Gasteiger partial charge in [-0.2, -0.15) is 0 Å². The van der Waals surface area contributed by atoms with Gasteiger partial charge in [-0.3, -0.25) is 9.59 Å². The van der Waals surface area contributed by atoms with Crippen molar-refractivity contribution in [2.24, 2.45) is 0 Å². The van der Waals surface area contributed by atoms with Crippen LogP contribution in [0, 0.1) is 0 Å². The highest BCUT2D eigenvalue weighted by molar-refractivity contribution is 7.88. The summed E-state index contributed by atoms with van der Waals surface area (Å²) < 4.78 is 149. The Labute approximate surface area is 783 Å². The van der Waals surface area contributed by atoms with Crippen LogP contribution in [0.1, 0.15) is 227 Å². The first-order valence-electron chi connectivity index (χ1n) is 49.0. The summed E-state index contributed by atoms with van der Waals surface area (Å²) in [5, 5.41) is 27.2. The third-order valence-corrected chi connectivity index (χ3v) is 24.8. The van der Waals surface area contributed by atoms with Crippen LogP contribution in [0.25, 0.3) is 65.4 Å². The van der Waals surface area contributed by atoms with Crippen LogP contribution >= 0.6 is 0 Å². The summed E-state index contributed by atoms with van der Waals surface area (Å²) in [6.45, 7) is 24.5. The van der Waals surface area contributed by atoms with Crippen LogP contribution < -0.4 is 28.4 Å². The molecule has 9 rings (SSSR count). The number of rotatable bonds is 81. The van der Waals surface area contributed by atoms with Gasteiger partial charge in [0.15, 0.2) is 35.6 Å². The highest BCUT2D eigenvalue weighted by Crippen LogP contribution is 2.46. The molecule has 2 N–H and O–H groups in total. The van der Waals surface area contributed by atoms with Gasteiger partial charge in [0.25, 0.3) is 0 Å². The van der Waals surface area contributed by atoms with Crippen molar-refractivity contribution in [3.8, 4) is 46.0 Å². The van der Waals surface area contributed by atoms with Crippen LogP contribution in [-0.4, -0.2) is 262 Å². The molecule has 0 radical (unpaired) electrons. The van der Waals surface area contributed by atoms with Gasteiger partial charge in [-0.15, -0.1) is 0 Å². The molecule has 0 fully saturated rings. The number of phenols is 2. The van der Waals surface area contributed by atoms with Gasteiger partial charge in [0.1, 0.15) is 57.0 Å². The third-order valence-electron chi connectivity index (χ3n) is 23.1. The van der Waals surface area contributed by atoms with Crippen LogP contribution in [-0.2, 0) is 85.8 Å². The molecule has 0 saturated carbocycles. The maximum absolute atomic E-state index is 14.7. The lowest BCUT2D eigenvalue weighted by atomic mass is 10.1. The van der Waals surface area contributed by atoms with Crippen LogP contribution in [0.2, 0.25) is 0 Å². The molecule has 28 nitrogen and oxygen atoms in total. The van der Waals surface area contributed by atoms with Crippen molar-refractivity contribution in [3.63, 3.8) is 0 Å². The summed E-state index contributed by atoms with van der Waals surface area (Å²) >= 11 is 0. The number of sulfonamides is 1. The molecule has 736 valence electrons. The first-order chi connectivity index (χ1) is 64.7. The molecule has 0 atom stereocenters. The Balaban J connectivity index is 1.17. The molecule has 0 aliphatic rings. The number of phenolic OH excluding ortho intramolecular Hbond substituents is 2. The molecule has 29 heteroatoms. The lowest BCUT2D eigenvalue weighted by Gasteiger charge is -2.20. The van der Waals surface area contributed by atoms with E-state index in [2.05, 4.69) is 50.7 Å². The second kappa shape index (κ2) is 62.5. The molecule has 0 bridgehead atoms. The lowest BCUT2D eigenvalue weighted by molar-refractivity contribution is 0.0299. The van der Waals surface area contributed by atoms with Gasteiger partial charge in [0, 0.05) is 99.1 Å². The highest BCUT2D eigenvalue weighted by Gasteiger charge is 2.28. The number of aromatic nitrogens is 3. The molecule has 0 unspecified atom stereocenters. The van der Waals surface area contributed by atoms with Gasteiger partial charge in [0.05, 0.1) is 163 Å².